The lowest BCUT2D eigenvalue weighted by atomic mass is 9.81. The van der Waals surface area contributed by atoms with E-state index in [1.807, 2.05) is 12.1 Å². The Labute approximate surface area is 137 Å². The van der Waals surface area contributed by atoms with E-state index >= 15 is 0 Å². The van der Waals surface area contributed by atoms with Crippen molar-refractivity contribution in [2.24, 2.45) is 5.92 Å². The fraction of sp³-hybridized carbons (Fsp3) is 0.474. The highest BCUT2D eigenvalue weighted by Gasteiger charge is 2.41. The molecule has 0 unspecified atom stereocenters. The van der Waals surface area contributed by atoms with E-state index in [4.69, 9.17) is 4.74 Å². The van der Waals surface area contributed by atoms with Gasteiger partial charge in [0.25, 0.3) is 0 Å². The molecule has 0 spiro atoms. The maximum Gasteiger partial charge on any atom is 0.233 e. The van der Waals surface area contributed by atoms with E-state index in [1.165, 1.54) is 31.5 Å². The van der Waals surface area contributed by atoms with Crippen molar-refractivity contribution in [1.29, 1.82) is 0 Å². The van der Waals surface area contributed by atoms with Crippen LogP contribution >= 0.6 is 0 Å². The van der Waals surface area contributed by atoms with Gasteiger partial charge in [0.15, 0.2) is 0 Å². The minimum Gasteiger partial charge on any atom is -0.471 e. The van der Waals surface area contributed by atoms with Gasteiger partial charge in [-0.3, -0.25) is 4.90 Å². The van der Waals surface area contributed by atoms with Gasteiger partial charge in [-0.15, -0.1) is 10.2 Å². The Bertz CT molecular complexity index is 658. The fourth-order valence-electron chi connectivity index (χ4n) is 3.85. The molecule has 0 saturated carbocycles. The van der Waals surface area contributed by atoms with Crippen LogP contribution in [-0.2, 0) is 0 Å². The molecule has 0 N–H and O–H groups in total. The Morgan fingerprint density at radius 3 is 2.35 bits per heavy atom. The first-order valence-electron chi connectivity index (χ1n) is 8.52. The van der Waals surface area contributed by atoms with Crippen molar-refractivity contribution in [3.63, 3.8) is 0 Å². The second-order valence-electron chi connectivity index (χ2n) is 6.82. The first kappa shape index (κ1) is 14.6. The average molecular weight is 309 g/mol. The normalized spacial score (nSPS) is 29.5. The summed E-state index contributed by atoms with van der Waals surface area (Å²) in [6.45, 7) is 6.78. The highest BCUT2D eigenvalue weighted by Crippen LogP contribution is 2.34. The van der Waals surface area contributed by atoms with Gasteiger partial charge < -0.3 is 4.74 Å². The third-order valence-electron chi connectivity index (χ3n) is 5.33. The smallest absolute Gasteiger partial charge is 0.233 e. The first-order chi connectivity index (χ1) is 11.2. The van der Waals surface area contributed by atoms with Gasteiger partial charge in [0.2, 0.25) is 5.88 Å². The Morgan fingerprint density at radius 1 is 1.00 bits per heavy atom. The molecule has 3 aliphatic heterocycles. The molecule has 120 valence electrons. The molecule has 3 fully saturated rings. The molecule has 4 heteroatoms. The molecule has 5 rings (SSSR count). The maximum atomic E-state index is 6.20. The minimum atomic E-state index is 0.247. The summed E-state index contributed by atoms with van der Waals surface area (Å²) < 4.78 is 6.20. The van der Waals surface area contributed by atoms with Crippen molar-refractivity contribution >= 4 is 0 Å². The number of aryl methyl sites for hydroxylation is 1. The number of ether oxygens (including phenoxy) is 1. The van der Waals surface area contributed by atoms with Gasteiger partial charge in [-0.2, -0.15) is 0 Å². The summed E-state index contributed by atoms with van der Waals surface area (Å²) in [5, 5.41) is 8.64. The molecule has 4 nitrogen and oxygen atoms in total. The lowest BCUT2D eigenvalue weighted by Gasteiger charge is -2.48. The number of piperidine rings is 3. The van der Waals surface area contributed by atoms with Crippen molar-refractivity contribution in [2.45, 2.75) is 38.8 Å². The van der Waals surface area contributed by atoms with Crippen LogP contribution in [0, 0.1) is 12.8 Å². The summed E-state index contributed by atoms with van der Waals surface area (Å²) in [5.41, 5.74) is 3.23. The second kappa shape index (κ2) is 5.93. The number of rotatable bonds is 3. The van der Waals surface area contributed by atoms with E-state index in [0.29, 0.717) is 17.8 Å². The first-order valence-corrected chi connectivity index (χ1v) is 8.52. The fourth-order valence-corrected chi connectivity index (χ4v) is 3.85. The molecule has 0 radical (unpaired) electrons. The quantitative estimate of drug-likeness (QED) is 0.872. The number of aromatic nitrogens is 2. The molecular weight excluding hydrogens is 286 g/mol. The maximum absolute atomic E-state index is 6.20. The highest BCUT2D eigenvalue weighted by atomic mass is 16.5. The molecule has 3 aliphatic rings. The summed E-state index contributed by atoms with van der Waals surface area (Å²) >= 11 is 0. The molecule has 0 aliphatic carbocycles. The predicted octanol–water partition coefficient (Wildman–Crippen LogP) is 3.31. The topological polar surface area (TPSA) is 38.2 Å². The Morgan fingerprint density at radius 2 is 1.74 bits per heavy atom. The number of fused-ring (bicyclic) bond motifs is 3. The summed E-state index contributed by atoms with van der Waals surface area (Å²) in [5.74, 6) is 1.31. The number of hydrogen-bond acceptors (Lipinski definition) is 4. The standard InChI is InChI=1S/C19H23N3O/c1-13-3-5-15(6-4-13)17-7-8-18(21-20-17)23-19-14(2)22-11-9-16(19)10-12-22/h3-8,14,16,19H,9-12H2,1-2H3/t14-,19-/m0/s1. The molecule has 1 aromatic carbocycles. The van der Waals surface area contributed by atoms with Crippen molar-refractivity contribution in [3.8, 4) is 17.1 Å². The van der Waals surface area contributed by atoms with Gasteiger partial charge in [-0.05, 0) is 51.8 Å². The van der Waals surface area contributed by atoms with Crippen LogP contribution in [0.15, 0.2) is 36.4 Å². The van der Waals surface area contributed by atoms with Crippen LogP contribution in [0.4, 0.5) is 0 Å². The van der Waals surface area contributed by atoms with Crippen LogP contribution in [0.25, 0.3) is 11.3 Å². The molecule has 23 heavy (non-hydrogen) atoms. The molecule has 2 aromatic rings. The Hall–Kier alpha value is -1.94. The zero-order valence-corrected chi connectivity index (χ0v) is 13.8. The molecule has 2 bridgehead atoms. The molecule has 3 saturated heterocycles. The van der Waals surface area contributed by atoms with E-state index < -0.39 is 0 Å². The zero-order valence-electron chi connectivity index (χ0n) is 13.8. The molecular formula is C19H23N3O. The third kappa shape index (κ3) is 2.83. The van der Waals surface area contributed by atoms with Crippen LogP contribution in [0.1, 0.15) is 25.3 Å². The predicted molar refractivity (Wildman–Crippen MR) is 90.4 cm³/mol. The second-order valence-corrected chi connectivity index (χ2v) is 6.82. The minimum absolute atomic E-state index is 0.247. The summed E-state index contributed by atoms with van der Waals surface area (Å²) in [6.07, 6.45) is 2.73. The largest absolute Gasteiger partial charge is 0.471 e. The van der Waals surface area contributed by atoms with Gasteiger partial charge in [0, 0.05) is 17.7 Å². The number of hydrogen-bond donors (Lipinski definition) is 0. The van der Waals surface area contributed by atoms with E-state index in [0.717, 1.165) is 11.3 Å². The van der Waals surface area contributed by atoms with Crippen molar-refractivity contribution in [3.05, 3.63) is 42.0 Å². The van der Waals surface area contributed by atoms with Crippen molar-refractivity contribution in [2.75, 3.05) is 13.1 Å². The monoisotopic (exact) mass is 309 g/mol. The highest BCUT2D eigenvalue weighted by molar-refractivity contribution is 5.58. The van der Waals surface area contributed by atoms with Crippen LogP contribution in [-0.4, -0.2) is 40.3 Å². The van der Waals surface area contributed by atoms with Gasteiger partial charge in [0.05, 0.1) is 5.69 Å². The van der Waals surface area contributed by atoms with Crippen LogP contribution in [0.5, 0.6) is 5.88 Å². The van der Waals surface area contributed by atoms with Crippen LogP contribution < -0.4 is 4.74 Å². The van der Waals surface area contributed by atoms with E-state index in [9.17, 15) is 0 Å². The molecule has 0 amide bonds. The average Bonchev–Trinajstić information content (AvgIpc) is 2.60. The Kier molecular flexibility index (Phi) is 3.77. The SMILES string of the molecule is Cc1ccc(-c2ccc(O[C@@H]3C4CCN(CC4)[C@H]3C)nn2)cc1. The van der Waals surface area contributed by atoms with Gasteiger partial charge in [0.1, 0.15) is 6.10 Å². The van der Waals surface area contributed by atoms with Crippen molar-refractivity contribution < 1.29 is 4.74 Å². The van der Waals surface area contributed by atoms with Gasteiger partial charge in [-0.25, -0.2) is 0 Å². The van der Waals surface area contributed by atoms with Crippen LogP contribution in [0.2, 0.25) is 0 Å². The summed E-state index contributed by atoms with van der Waals surface area (Å²) in [4.78, 5) is 2.53. The Balaban J connectivity index is 1.49. The van der Waals surface area contributed by atoms with Gasteiger partial charge in [-0.1, -0.05) is 29.8 Å². The lowest BCUT2D eigenvalue weighted by Crippen LogP contribution is -2.58. The molecule has 4 heterocycles. The number of nitrogens with zero attached hydrogens (tertiary/aromatic N) is 3. The van der Waals surface area contributed by atoms with Crippen LogP contribution in [0.3, 0.4) is 0 Å². The third-order valence-corrected chi connectivity index (χ3v) is 5.33. The number of benzene rings is 1. The van der Waals surface area contributed by atoms with Crippen molar-refractivity contribution in [1.82, 2.24) is 15.1 Å². The van der Waals surface area contributed by atoms with Gasteiger partial charge >= 0.3 is 0 Å². The lowest BCUT2D eigenvalue weighted by molar-refractivity contribution is -0.0528. The van der Waals surface area contributed by atoms with E-state index in [2.05, 4.69) is 53.2 Å². The van der Waals surface area contributed by atoms with E-state index in [-0.39, 0.29) is 6.10 Å². The summed E-state index contributed by atoms with van der Waals surface area (Å²) in [6, 6.07) is 12.8. The molecule has 2 atom stereocenters. The summed E-state index contributed by atoms with van der Waals surface area (Å²) in [7, 11) is 0. The zero-order chi connectivity index (χ0) is 15.8. The van der Waals surface area contributed by atoms with E-state index in [1.54, 1.807) is 0 Å². The molecule has 1 aromatic heterocycles.